The molecule has 0 spiro atoms. The summed E-state index contributed by atoms with van der Waals surface area (Å²) >= 11 is 0. The molecule has 3 unspecified atom stereocenters. The van der Waals surface area contributed by atoms with Crippen molar-refractivity contribution < 1.29 is 14.5 Å². The number of piperidine rings is 1. The molecule has 17 heavy (non-hydrogen) atoms. The van der Waals surface area contributed by atoms with Gasteiger partial charge in [0.1, 0.15) is 5.66 Å². The second-order valence-electron chi connectivity index (χ2n) is 5.39. The number of hydrogen-bond acceptors (Lipinski definition) is 2. The lowest BCUT2D eigenvalue weighted by molar-refractivity contribution is -0.914. The molecule has 0 saturated carbocycles. The molecule has 5 heteroatoms. The molecule has 1 heterocycles. The molecule has 1 rings (SSSR count). The fourth-order valence-corrected chi connectivity index (χ4v) is 2.72. The molecular formula is C12H24N3O2+. The van der Waals surface area contributed by atoms with Gasteiger partial charge in [0.15, 0.2) is 0 Å². The van der Waals surface area contributed by atoms with Crippen molar-refractivity contribution in [1.82, 2.24) is 10.6 Å². The molecule has 98 valence electrons. The van der Waals surface area contributed by atoms with E-state index in [0.29, 0.717) is 6.04 Å². The smallest absolute Gasteiger partial charge is 0.218 e. The lowest BCUT2D eigenvalue weighted by Crippen LogP contribution is -3.16. The van der Waals surface area contributed by atoms with Gasteiger partial charge in [-0.1, -0.05) is 6.92 Å². The molecule has 2 amide bonds. The number of carbonyl (C=O) groups excluding carboxylic acids is 2. The lowest BCUT2D eigenvalue weighted by atomic mass is 9.82. The molecule has 0 aromatic rings. The van der Waals surface area contributed by atoms with Crippen LogP contribution in [-0.4, -0.2) is 37.1 Å². The summed E-state index contributed by atoms with van der Waals surface area (Å²) < 4.78 is 0. The van der Waals surface area contributed by atoms with Crippen LogP contribution in [0.5, 0.6) is 0 Å². The van der Waals surface area contributed by atoms with Gasteiger partial charge in [-0.25, -0.2) is 0 Å². The van der Waals surface area contributed by atoms with Crippen molar-refractivity contribution in [2.24, 2.45) is 5.92 Å². The molecule has 0 bridgehead atoms. The molecular weight excluding hydrogens is 218 g/mol. The van der Waals surface area contributed by atoms with E-state index >= 15 is 0 Å². The number of quaternary nitrogens is 1. The third kappa shape index (κ3) is 3.19. The topological polar surface area (TPSA) is 62.6 Å². The third-order valence-electron chi connectivity index (χ3n) is 3.74. The zero-order chi connectivity index (χ0) is 13.2. The van der Waals surface area contributed by atoms with Crippen LogP contribution in [0.4, 0.5) is 0 Å². The summed E-state index contributed by atoms with van der Waals surface area (Å²) in [6, 6.07) is 0.407. The van der Waals surface area contributed by atoms with Crippen molar-refractivity contribution in [2.45, 2.75) is 45.8 Å². The second-order valence-corrected chi connectivity index (χ2v) is 5.39. The summed E-state index contributed by atoms with van der Waals surface area (Å²) in [4.78, 5) is 24.2. The number of nitrogens with one attached hydrogen (secondary N) is 3. The first kappa shape index (κ1) is 14.0. The Balaban J connectivity index is 2.95. The Kier molecular flexibility index (Phi) is 4.14. The normalized spacial score (nSPS) is 31.7. The molecule has 5 nitrogen and oxygen atoms in total. The Labute approximate surface area is 103 Å². The van der Waals surface area contributed by atoms with E-state index in [0.717, 1.165) is 13.0 Å². The van der Waals surface area contributed by atoms with Crippen molar-refractivity contribution in [3.05, 3.63) is 0 Å². The SMILES string of the molecule is CC(=O)NC1(NC(C)=O)CC(C)[NH+](C)CC1C. The van der Waals surface area contributed by atoms with Crippen LogP contribution in [0, 0.1) is 5.92 Å². The Hall–Kier alpha value is -1.10. The van der Waals surface area contributed by atoms with Gasteiger partial charge in [-0.2, -0.15) is 0 Å². The molecule has 0 aliphatic carbocycles. The van der Waals surface area contributed by atoms with Crippen molar-refractivity contribution in [3.63, 3.8) is 0 Å². The maximum Gasteiger partial charge on any atom is 0.218 e. The quantitative estimate of drug-likeness (QED) is 0.538. The van der Waals surface area contributed by atoms with Gasteiger partial charge in [0.25, 0.3) is 0 Å². The van der Waals surface area contributed by atoms with Gasteiger partial charge in [-0.05, 0) is 6.92 Å². The van der Waals surface area contributed by atoms with Crippen LogP contribution in [-0.2, 0) is 9.59 Å². The zero-order valence-corrected chi connectivity index (χ0v) is 11.4. The Morgan fingerprint density at radius 2 is 1.65 bits per heavy atom. The maximum atomic E-state index is 11.4. The Bertz CT molecular complexity index is 301. The van der Waals surface area contributed by atoms with Gasteiger partial charge in [0, 0.05) is 26.2 Å². The number of likely N-dealkylation sites (tertiary alicyclic amines) is 1. The van der Waals surface area contributed by atoms with Crippen LogP contribution in [0.15, 0.2) is 0 Å². The largest absolute Gasteiger partial charge is 0.335 e. The van der Waals surface area contributed by atoms with Crippen LogP contribution >= 0.6 is 0 Å². The summed E-state index contributed by atoms with van der Waals surface area (Å²) in [5, 5.41) is 5.89. The first-order chi connectivity index (χ1) is 7.77. The molecule has 1 aliphatic rings. The highest BCUT2D eigenvalue weighted by molar-refractivity contribution is 5.77. The van der Waals surface area contributed by atoms with Crippen molar-refractivity contribution in [1.29, 1.82) is 0 Å². The molecule has 0 radical (unpaired) electrons. The van der Waals surface area contributed by atoms with Crippen molar-refractivity contribution >= 4 is 11.8 Å². The number of rotatable bonds is 2. The van der Waals surface area contributed by atoms with Gasteiger partial charge in [0.05, 0.1) is 19.6 Å². The summed E-state index contributed by atoms with van der Waals surface area (Å²) in [6.45, 7) is 8.13. The van der Waals surface area contributed by atoms with E-state index in [2.05, 4.69) is 31.5 Å². The standard InChI is InChI=1S/C12H23N3O2/c1-8-7-15(5)9(2)6-12(8,13-10(3)16)14-11(4)17/h8-9H,6-7H2,1-5H3,(H,13,16)(H,14,17)/p+1. The highest BCUT2D eigenvalue weighted by atomic mass is 16.2. The van der Waals surface area contributed by atoms with Crippen LogP contribution in [0.1, 0.15) is 34.1 Å². The molecule has 3 N–H and O–H groups in total. The van der Waals surface area contributed by atoms with Gasteiger partial charge in [-0.3, -0.25) is 9.59 Å². The van der Waals surface area contributed by atoms with Crippen molar-refractivity contribution in [2.75, 3.05) is 13.6 Å². The fraction of sp³-hybridized carbons (Fsp3) is 0.833. The molecule has 3 atom stereocenters. The summed E-state index contributed by atoms with van der Waals surface area (Å²) in [7, 11) is 2.15. The van der Waals surface area contributed by atoms with E-state index in [1.165, 1.54) is 18.7 Å². The monoisotopic (exact) mass is 242 g/mol. The average Bonchev–Trinajstić information content (AvgIpc) is 2.12. The van der Waals surface area contributed by atoms with Crippen LogP contribution in [0.2, 0.25) is 0 Å². The Morgan fingerprint density at radius 1 is 1.18 bits per heavy atom. The number of hydrogen-bond donors (Lipinski definition) is 3. The summed E-state index contributed by atoms with van der Waals surface area (Å²) in [6.07, 6.45) is 0.763. The van der Waals surface area contributed by atoms with Crippen LogP contribution < -0.4 is 15.5 Å². The predicted molar refractivity (Wildman–Crippen MR) is 65.4 cm³/mol. The second kappa shape index (κ2) is 5.04. The first-order valence-corrected chi connectivity index (χ1v) is 6.16. The van der Waals surface area contributed by atoms with Crippen molar-refractivity contribution in [3.8, 4) is 0 Å². The number of amides is 2. The van der Waals surface area contributed by atoms with E-state index in [9.17, 15) is 9.59 Å². The van der Waals surface area contributed by atoms with Gasteiger partial charge >= 0.3 is 0 Å². The third-order valence-corrected chi connectivity index (χ3v) is 3.74. The van der Waals surface area contributed by atoms with E-state index in [4.69, 9.17) is 0 Å². The van der Waals surface area contributed by atoms with Gasteiger partial charge in [-0.15, -0.1) is 0 Å². The molecule has 0 aromatic carbocycles. The van der Waals surface area contributed by atoms with E-state index in [1.807, 2.05) is 0 Å². The predicted octanol–water partition coefficient (Wildman–Crippen LogP) is -1.10. The highest BCUT2D eigenvalue weighted by Gasteiger charge is 2.46. The molecule has 1 fully saturated rings. The van der Waals surface area contributed by atoms with E-state index in [1.54, 1.807) is 0 Å². The lowest BCUT2D eigenvalue weighted by Gasteiger charge is -2.47. The molecule has 1 saturated heterocycles. The highest BCUT2D eigenvalue weighted by Crippen LogP contribution is 2.22. The Morgan fingerprint density at radius 3 is 2.06 bits per heavy atom. The maximum absolute atomic E-state index is 11.4. The van der Waals surface area contributed by atoms with Crippen LogP contribution in [0.3, 0.4) is 0 Å². The zero-order valence-electron chi connectivity index (χ0n) is 11.4. The minimum absolute atomic E-state index is 0.0997. The average molecular weight is 242 g/mol. The number of carbonyl (C=O) groups is 2. The van der Waals surface area contributed by atoms with Gasteiger partial charge < -0.3 is 15.5 Å². The summed E-state index contributed by atoms with van der Waals surface area (Å²) in [5.41, 5.74) is -0.587. The van der Waals surface area contributed by atoms with Crippen LogP contribution in [0.25, 0.3) is 0 Å². The first-order valence-electron chi connectivity index (χ1n) is 6.16. The minimum Gasteiger partial charge on any atom is -0.335 e. The van der Waals surface area contributed by atoms with Gasteiger partial charge in [0.2, 0.25) is 11.8 Å². The minimum atomic E-state index is -0.587. The van der Waals surface area contributed by atoms with E-state index in [-0.39, 0.29) is 17.7 Å². The molecule has 1 aliphatic heterocycles. The molecule has 0 aromatic heterocycles. The summed E-state index contributed by atoms with van der Waals surface area (Å²) in [5.74, 6) is 0.0150. The van der Waals surface area contributed by atoms with E-state index < -0.39 is 5.66 Å². The fourth-order valence-electron chi connectivity index (χ4n) is 2.72.